The highest BCUT2D eigenvalue weighted by Crippen LogP contribution is 2.28. The van der Waals surface area contributed by atoms with Crippen LogP contribution in [0.15, 0.2) is 54.6 Å². The zero-order valence-corrected chi connectivity index (χ0v) is 16.3. The molecule has 2 aromatic carbocycles. The molecular weight excluding hydrogens is 374 g/mol. The standard InChI is InChI=1S/C21H21N3O5/c1-14-12-18(24(23-14)15-8-5-4-6-9-15)22-19(25)13-29-21(26)20-16(27-2)10-7-11-17(20)28-3/h4-12H,13H2,1-3H3,(H,22,25). The number of esters is 1. The molecule has 3 rings (SSSR count). The van der Waals surface area contributed by atoms with Crippen molar-refractivity contribution in [2.24, 2.45) is 0 Å². The molecule has 1 aromatic heterocycles. The van der Waals surface area contributed by atoms with Crippen molar-refractivity contribution in [3.05, 3.63) is 65.9 Å². The van der Waals surface area contributed by atoms with E-state index in [9.17, 15) is 9.59 Å². The van der Waals surface area contributed by atoms with Crippen LogP contribution in [0.25, 0.3) is 5.69 Å². The summed E-state index contributed by atoms with van der Waals surface area (Å²) in [5.74, 6) is -0.142. The minimum atomic E-state index is -0.720. The first-order chi connectivity index (χ1) is 14.0. The fourth-order valence-corrected chi connectivity index (χ4v) is 2.79. The largest absolute Gasteiger partial charge is 0.496 e. The van der Waals surface area contributed by atoms with Gasteiger partial charge in [-0.15, -0.1) is 0 Å². The quantitative estimate of drug-likeness (QED) is 0.619. The number of nitrogens with zero attached hydrogens (tertiary/aromatic N) is 2. The monoisotopic (exact) mass is 395 g/mol. The topological polar surface area (TPSA) is 91.7 Å². The van der Waals surface area contributed by atoms with Gasteiger partial charge in [-0.1, -0.05) is 24.3 Å². The maximum Gasteiger partial charge on any atom is 0.346 e. The van der Waals surface area contributed by atoms with E-state index in [1.165, 1.54) is 14.2 Å². The summed E-state index contributed by atoms with van der Waals surface area (Å²) in [5, 5.41) is 7.10. The number of methoxy groups -OCH3 is 2. The van der Waals surface area contributed by atoms with Gasteiger partial charge in [0.05, 0.1) is 25.6 Å². The van der Waals surface area contributed by atoms with E-state index in [0.29, 0.717) is 17.3 Å². The van der Waals surface area contributed by atoms with Crippen LogP contribution in [-0.4, -0.2) is 42.5 Å². The van der Waals surface area contributed by atoms with Gasteiger partial charge in [0.25, 0.3) is 5.91 Å². The number of hydrogen-bond donors (Lipinski definition) is 1. The number of rotatable bonds is 7. The van der Waals surface area contributed by atoms with Crippen LogP contribution < -0.4 is 14.8 Å². The Hall–Kier alpha value is -3.81. The average molecular weight is 395 g/mol. The van der Waals surface area contributed by atoms with Gasteiger partial charge < -0.3 is 19.5 Å². The molecule has 0 saturated carbocycles. The number of anilines is 1. The molecule has 8 nitrogen and oxygen atoms in total. The van der Waals surface area contributed by atoms with Crippen LogP contribution in [-0.2, 0) is 9.53 Å². The molecule has 1 heterocycles. The number of para-hydroxylation sites is 1. The highest BCUT2D eigenvalue weighted by Gasteiger charge is 2.21. The molecule has 0 unspecified atom stereocenters. The van der Waals surface area contributed by atoms with Gasteiger partial charge in [-0.3, -0.25) is 4.79 Å². The van der Waals surface area contributed by atoms with Gasteiger partial charge in [0.2, 0.25) is 0 Å². The predicted octanol–water partition coefficient (Wildman–Crippen LogP) is 2.99. The summed E-state index contributed by atoms with van der Waals surface area (Å²) in [4.78, 5) is 24.8. The van der Waals surface area contributed by atoms with Crippen LogP contribution in [0.1, 0.15) is 16.1 Å². The van der Waals surface area contributed by atoms with Crippen molar-refractivity contribution < 1.29 is 23.8 Å². The van der Waals surface area contributed by atoms with E-state index < -0.39 is 18.5 Å². The molecule has 150 valence electrons. The summed E-state index contributed by atoms with van der Waals surface area (Å²) in [6.45, 7) is 1.35. The summed E-state index contributed by atoms with van der Waals surface area (Å²) in [6.07, 6.45) is 0. The van der Waals surface area contributed by atoms with Gasteiger partial charge in [0.1, 0.15) is 22.9 Å². The number of benzene rings is 2. The molecule has 0 bridgehead atoms. The molecule has 0 radical (unpaired) electrons. The number of carbonyl (C=O) groups is 2. The van der Waals surface area contributed by atoms with Crippen LogP contribution in [0.3, 0.4) is 0 Å². The Balaban J connectivity index is 1.70. The second-order valence-electron chi connectivity index (χ2n) is 6.08. The number of aryl methyl sites for hydroxylation is 1. The molecule has 0 spiro atoms. The molecule has 1 amide bonds. The van der Waals surface area contributed by atoms with Gasteiger partial charge in [0, 0.05) is 6.07 Å². The summed E-state index contributed by atoms with van der Waals surface area (Å²) in [7, 11) is 2.87. The van der Waals surface area contributed by atoms with E-state index in [4.69, 9.17) is 14.2 Å². The summed E-state index contributed by atoms with van der Waals surface area (Å²) in [6, 6.07) is 16.0. The van der Waals surface area contributed by atoms with Crippen molar-refractivity contribution in [2.45, 2.75) is 6.92 Å². The summed E-state index contributed by atoms with van der Waals surface area (Å²) >= 11 is 0. The molecule has 0 saturated heterocycles. The van der Waals surface area contributed by atoms with E-state index in [-0.39, 0.29) is 5.56 Å². The molecule has 0 fully saturated rings. The highest BCUT2D eigenvalue weighted by molar-refractivity contribution is 5.98. The Bertz CT molecular complexity index is 992. The molecule has 29 heavy (non-hydrogen) atoms. The fraction of sp³-hybridized carbons (Fsp3) is 0.190. The number of ether oxygens (including phenoxy) is 3. The van der Waals surface area contributed by atoms with Crippen LogP contribution in [0, 0.1) is 6.92 Å². The van der Waals surface area contributed by atoms with E-state index in [2.05, 4.69) is 10.4 Å². The lowest BCUT2D eigenvalue weighted by Gasteiger charge is -2.12. The zero-order chi connectivity index (χ0) is 20.8. The normalized spacial score (nSPS) is 10.3. The maximum atomic E-state index is 12.5. The Morgan fingerprint density at radius 1 is 1.00 bits per heavy atom. The Labute approximate surface area is 168 Å². The summed E-state index contributed by atoms with van der Waals surface area (Å²) in [5.41, 5.74) is 1.65. The summed E-state index contributed by atoms with van der Waals surface area (Å²) < 4.78 is 17.1. The van der Waals surface area contributed by atoms with Gasteiger partial charge >= 0.3 is 5.97 Å². The second kappa shape index (κ2) is 8.92. The first-order valence-electron chi connectivity index (χ1n) is 8.83. The smallest absolute Gasteiger partial charge is 0.346 e. The second-order valence-corrected chi connectivity index (χ2v) is 6.08. The van der Waals surface area contributed by atoms with E-state index in [0.717, 1.165) is 11.4 Å². The lowest BCUT2D eigenvalue weighted by Crippen LogP contribution is -2.22. The minimum Gasteiger partial charge on any atom is -0.496 e. The van der Waals surface area contributed by atoms with Crippen molar-refractivity contribution in [2.75, 3.05) is 26.1 Å². The van der Waals surface area contributed by atoms with Crippen molar-refractivity contribution in [3.8, 4) is 17.2 Å². The number of aromatic nitrogens is 2. The number of amides is 1. The maximum absolute atomic E-state index is 12.5. The lowest BCUT2D eigenvalue weighted by atomic mass is 10.2. The average Bonchev–Trinajstić information content (AvgIpc) is 3.11. The first kappa shape index (κ1) is 19.9. The van der Waals surface area contributed by atoms with Gasteiger partial charge in [0.15, 0.2) is 6.61 Å². The van der Waals surface area contributed by atoms with Crippen molar-refractivity contribution in [1.29, 1.82) is 0 Å². The SMILES string of the molecule is COc1cccc(OC)c1C(=O)OCC(=O)Nc1cc(C)nn1-c1ccccc1. The van der Waals surface area contributed by atoms with Crippen molar-refractivity contribution in [3.63, 3.8) is 0 Å². The molecule has 8 heteroatoms. The zero-order valence-electron chi connectivity index (χ0n) is 16.3. The molecule has 0 atom stereocenters. The van der Waals surface area contributed by atoms with Gasteiger partial charge in [-0.25, -0.2) is 9.48 Å². The molecule has 0 aliphatic rings. The molecule has 3 aromatic rings. The van der Waals surface area contributed by atoms with Crippen molar-refractivity contribution in [1.82, 2.24) is 9.78 Å². The first-order valence-corrected chi connectivity index (χ1v) is 8.83. The van der Waals surface area contributed by atoms with Gasteiger partial charge in [-0.05, 0) is 31.2 Å². The van der Waals surface area contributed by atoms with Crippen LogP contribution in [0.2, 0.25) is 0 Å². The third-order valence-electron chi connectivity index (χ3n) is 4.07. The number of hydrogen-bond acceptors (Lipinski definition) is 6. The lowest BCUT2D eigenvalue weighted by molar-refractivity contribution is -0.119. The number of carbonyl (C=O) groups excluding carboxylic acids is 2. The molecular formula is C21H21N3O5. The minimum absolute atomic E-state index is 0.121. The third kappa shape index (κ3) is 4.55. The Morgan fingerprint density at radius 2 is 1.66 bits per heavy atom. The molecule has 1 N–H and O–H groups in total. The van der Waals surface area contributed by atoms with E-state index in [1.807, 2.05) is 37.3 Å². The van der Waals surface area contributed by atoms with Crippen LogP contribution in [0.5, 0.6) is 11.5 Å². The predicted molar refractivity (Wildman–Crippen MR) is 107 cm³/mol. The Kier molecular flexibility index (Phi) is 6.13. The third-order valence-corrected chi connectivity index (χ3v) is 4.07. The molecule has 0 aliphatic carbocycles. The van der Waals surface area contributed by atoms with E-state index >= 15 is 0 Å². The van der Waals surface area contributed by atoms with Crippen LogP contribution >= 0.6 is 0 Å². The van der Waals surface area contributed by atoms with E-state index in [1.54, 1.807) is 28.9 Å². The Morgan fingerprint density at radius 3 is 2.28 bits per heavy atom. The van der Waals surface area contributed by atoms with Crippen LogP contribution in [0.4, 0.5) is 5.82 Å². The van der Waals surface area contributed by atoms with Crippen molar-refractivity contribution >= 4 is 17.7 Å². The number of nitrogens with one attached hydrogen (secondary N) is 1. The van der Waals surface area contributed by atoms with Gasteiger partial charge in [-0.2, -0.15) is 5.10 Å². The fourth-order valence-electron chi connectivity index (χ4n) is 2.79. The molecule has 0 aliphatic heterocycles. The highest BCUT2D eigenvalue weighted by atomic mass is 16.5.